The molecule has 3 heterocycles. The van der Waals surface area contributed by atoms with E-state index < -0.39 is 34.1 Å². The zero-order valence-electron chi connectivity index (χ0n) is 35.6. The molecule has 0 spiro atoms. The maximum Gasteiger partial charge on any atom is 0.407 e. The zero-order valence-corrected chi connectivity index (χ0v) is 37.1. The van der Waals surface area contributed by atoms with Crippen molar-refractivity contribution in [2.45, 2.75) is 52.4 Å². The number of rotatable bonds is 13. The number of hydrogen-bond donors (Lipinski definition) is 5. The third-order valence-corrected chi connectivity index (χ3v) is 10.7. The number of ether oxygens (including phenoxy) is 4. The second kappa shape index (κ2) is 18.2. The van der Waals surface area contributed by atoms with Crippen LogP contribution in [0.3, 0.4) is 0 Å². The second-order valence-corrected chi connectivity index (χ2v) is 17.4. The van der Waals surface area contributed by atoms with Crippen molar-refractivity contribution in [1.82, 2.24) is 25.3 Å². The maximum absolute atomic E-state index is 14.3. The normalized spacial score (nSPS) is 14.2. The highest BCUT2D eigenvalue weighted by Gasteiger charge is 2.39. The molecule has 1 fully saturated rings. The van der Waals surface area contributed by atoms with Gasteiger partial charge in [0.1, 0.15) is 35.1 Å². The van der Waals surface area contributed by atoms with E-state index in [0.717, 1.165) is 0 Å². The summed E-state index contributed by atoms with van der Waals surface area (Å²) in [5, 5.41) is 19.6. The number of methoxy groups -OCH3 is 1. The number of alkyl carbamates (subject to hydrolysis) is 1. The predicted octanol–water partition coefficient (Wildman–Crippen LogP) is 6.43. The summed E-state index contributed by atoms with van der Waals surface area (Å²) >= 11 is 13.0. The van der Waals surface area contributed by atoms with Gasteiger partial charge in [0.05, 0.1) is 37.2 Å². The largest absolute Gasteiger partial charge is 0.496 e. The summed E-state index contributed by atoms with van der Waals surface area (Å²) in [7, 11) is 1.55. The monoisotopic (exact) mass is 902 g/mol. The first-order valence-electron chi connectivity index (χ1n) is 20.2. The Hall–Kier alpha value is -6.30. The van der Waals surface area contributed by atoms with Gasteiger partial charge in [-0.05, 0) is 76.6 Å². The van der Waals surface area contributed by atoms with Crippen LogP contribution in [0, 0.1) is 0 Å². The summed E-state index contributed by atoms with van der Waals surface area (Å²) in [6.45, 7) is 11.0. The fourth-order valence-corrected chi connectivity index (χ4v) is 7.87. The van der Waals surface area contributed by atoms with Gasteiger partial charge in [0.15, 0.2) is 5.69 Å². The highest BCUT2D eigenvalue weighted by Crippen LogP contribution is 2.47. The molecule has 2 aliphatic heterocycles. The minimum absolute atomic E-state index is 0.0637. The van der Waals surface area contributed by atoms with Crippen LogP contribution in [0.5, 0.6) is 11.5 Å². The molecule has 332 valence electrons. The molecule has 0 unspecified atom stereocenters. The van der Waals surface area contributed by atoms with Gasteiger partial charge < -0.3 is 50.4 Å². The zero-order chi connectivity index (χ0) is 45.2. The number of nitrogens with zero attached hydrogens (tertiary/aromatic N) is 3. The van der Waals surface area contributed by atoms with E-state index in [9.17, 15) is 24.0 Å². The molecular weight excluding hydrogens is 855 g/mol. The van der Waals surface area contributed by atoms with E-state index >= 15 is 0 Å². The number of aromatic nitrogens is 2. The fraction of sp³-hybridized carbons (Fsp3) is 0.364. The smallest absolute Gasteiger partial charge is 0.407 e. The van der Waals surface area contributed by atoms with Crippen LogP contribution in [0.4, 0.5) is 26.7 Å². The summed E-state index contributed by atoms with van der Waals surface area (Å²) < 4.78 is 24.7. The Morgan fingerprint density at radius 1 is 0.889 bits per heavy atom. The minimum atomic E-state index is -0.677. The SMILES string of the molecule is COc1cc2c(cc1-c1cccc(NC(=O)NCCNc3c(NCCNC(=O)OC(C)(C)C)c(=O)c3=O)c1)-c1c(c(C(=O)N3CCOCC3(C)C)nn1-c1cc(Cl)cc(Cl)c1)CO2. The van der Waals surface area contributed by atoms with Crippen LogP contribution in [0.2, 0.25) is 10.0 Å². The van der Waals surface area contributed by atoms with Crippen molar-refractivity contribution in [3.8, 4) is 39.6 Å². The molecule has 7 rings (SSSR count). The number of amides is 4. The summed E-state index contributed by atoms with van der Waals surface area (Å²) in [6, 6.07) is 15.4. The number of benzene rings is 3. The standard InChI is InChI=1S/C44H48Cl2N8O9/c1-43(2,3)63-42(59)50-13-11-48-36-35(38(55)39(36)56)47-10-12-49-41(58)51-27-9-7-8-24(16-27)29-20-30-33(21-32(29)60-6)62-22-31-34(40(57)53-14-15-61-23-44(53,4)5)52-54(37(30)31)28-18-25(45)17-26(46)19-28/h7-9,16-21,47-48H,10-15,22-23H2,1-6H3,(H,50,59)(H2,49,51,58). The summed E-state index contributed by atoms with van der Waals surface area (Å²) in [4.78, 5) is 65.4. The maximum atomic E-state index is 14.3. The summed E-state index contributed by atoms with van der Waals surface area (Å²) in [5.41, 5.74) is 2.11. The van der Waals surface area contributed by atoms with Gasteiger partial charge in [0.25, 0.3) is 16.8 Å². The first-order valence-corrected chi connectivity index (χ1v) is 21.0. The molecule has 0 aliphatic carbocycles. The van der Waals surface area contributed by atoms with Gasteiger partial charge in [-0.15, -0.1) is 0 Å². The first-order chi connectivity index (χ1) is 29.9. The Morgan fingerprint density at radius 3 is 2.22 bits per heavy atom. The van der Waals surface area contributed by atoms with E-state index in [0.29, 0.717) is 80.6 Å². The van der Waals surface area contributed by atoms with Crippen molar-refractivity contribution in [3.63, 3.8) is 0 Å². The molecule has 0 saturated carbocycles. The number of carbonyl (C=O) groups is 3. The summed E-state index contributed by atoms with van der Waals surface area (Å²) in [6.07, 6.45) is -0.598. The van der Waals surface area contributed by atoms with E-state index in [-0.39, 0.29) is 55.8 Å². The molecule has 5 N–H and O–H groups in total. The number of fused-ring (bicyclic) bond motifs is 3. The predicted molar refractivity (Wildman–Crippen MR) is 241 cm³/mol. The highest BCUT2D eigenvalue weighted by atomic mass is 35.5. The molecule has 1 aromatic heterocycles. The second-order valence-electron chi connectivity index (χ2n) is 16.5. The number of anilines is 3. The minimum Gasteiger partial charge on any atom is -0.496 e. The van der Waals surface area contributed by atoms with E-state index in [1.807, 2.05) is 26.0 Å². The van der Waals surface area contributed by atoms with E-state index in [2.05, 4.69) is 26.6 Å². The average molecular weight is 904 g/mol. The Morgan fingerprint density at radius 2 is 1.57 bits per heavy atom. The molecule has 5 aromatic rings. The van der Waals surface area contributed by atoms with Crippen molar-refractivity contribution in [1.29, 1.82) is 0 Å². The van der Waals surface area contributed by atoms with Crippen LogP contribution in [0.1, 0.15) is 50.7 Å². The molecule has 4 aromatic carbocycles. The molecule has 17 nitrogen and oxygen atoms in total. The Labute approximate surface area is 373 Å². The van der Waals surface area contributed by atoms with Crippen LogP contribution in [-0.2, 0) is 16.1 Å². The number of morpholine rings is 1. The van der Waals surface area contributed by atoms with Gasteiger partial charge in [-0.1, -0.05) is 35.3 Å². The lowest BCUT2D eigenvalue weighted by atomic mass is 9.95. The molecule has 63 heavy (non-hydrogen) atoms. The number of nitrogens with one attached hydrogen (secondary N) is 5. The van der Waals surface area contributed by atoms with Crippen molar-refractivity contribution in [3.05, 3.63) is 96.3 Å². The van der Waals surface area contributed by atoms with Crippen molar-refractivity contribution in [2.24, 2.45) is 0 Å². The third kappa shape index (κ3) is 9.85. The van der Waals surface area contributed by atoms with Crippen LogP contribution in [0.15, 0.2) is 64.2 Å². The first kappa shape index (κ1) is 44.7. The molecule has 0 radical (unpaired) electrons. The summed E-state index contributed by atoms with van der Waals surface area (Å²) in [5.74, 6) is 0.749. The lowest BCUT2D eigenvalue weighted by Crippen LogP contribution is -2.55. The highest BCUT2D eigenvalue weighted by molar-refractivity contribution is 6.34. The van der Waals surface area contributed by atoms with E-state index in [1.54, 1.807) is 79.9 Å². The fourth-order valence-electron chi connectivity index (χ4n) is 7.36. The number of urea groups is 1. The molecule has 0 atom stereocenters. The molecule has 19 heteroatoms. The molecule has 0 bridgehead atoms. The quantitative estimate of drug-likeness (QED) is 0.0641. The van der Waals surface area contributed by atoms with Crippen LogP contribution in [-0.4, -0.2) is 96.9 Å². The third-order valence-electron chi connectivity index (χ3n) is 10.2. The van der Waals surface area contributed by atoms with Crippen molar-refractivity contribution in [2.75, 3.05) is 69.0 Å². The Kier molecular flexibility index (Phi) is 12.9. The molecule has 1 saturated heterocycles. The van der Waals surface area contributed by atoms with Crippen LogP contribution in [0.25, 0.3) is 28.1 Å². The van der Waals surface area contributed by atoms with E-state index in [4.69, 9.17) is 47.2 Å². The van der Waals surface area contributed by atoms with Gasteiger partial charge in [-0.25, -0.2) is 14.3 Å². The van der Waals surface area contributed by atoms with E-state index in [1.165, 1.54) is 0 Å². The number of hydrogen-bond acceptors (Lipinski definition) is 12. The lowest BCUT2D eigenvalue weighted by Gasteiger charge is -2.41. The Bertz CT molecular complexity index is 2630. The van der Waals surface area contributed by atoms with Crippen LogP contribution < -0.4 is 46.9 Å². The van der Waals surface area contributed by atoms with Gasteiger partial charge in [-0.3, -0.25) is 14.4 Å². The average Bonchev–Trinajstić information content (AvgIpc) is 3.62. The Balaban J connectivity index is 1.07. The molecule has 2 aliphatic rings. The lowest BCUT2D eigenvalue weighted by molar-refractivity contribution is -0.0374. The van der Waals surface area contributed by atoms with Gasteiger partial charge >= 0.3 is 12.1 Å². The number of halogens is 2. The van der Waals surface area contributed by atoms with Gasteiger partial charge in [0.2, 0.25) is 0 Å². The van der Waals surface area contributed by atoms with Crippen LogP contribution >= 0.6 is 23.2 Å². The van der Waals surface area contributed by atoms with Gasteiger partial charge in [0, 0.05) is 71.2 Å². The molecule has 4 amide bonds. The molecular formula is C44H48Cl2N8O9. The van der Waals surface area contributed by atoms with Gasteiger partial charge in [-0.2, -0.15) is 5.10 Å². The topological polar surface area (TPSA) is 203 Å². The number of carbonyl (C=O) groups excluding carboxylic acids is 3. The van der Waals surface area contributed by atoms with Crippen molar-refractivity contribution < 1.29 is 33.3 Å². The van der Waals surface area contributed by atoms with Crippen molar-refractivity contribution >= 4 is 58.3 Å².